The Labute approximate surface area is 212 Å². The van der Waals surface area contributed by atoms with Crippen LogP contribution in [0.3, 0.4) is 0 Å². The number of para-hydroxylation sites is 1. The Morgan fingerprint density at radius 2 is 1.64 bits per heavy atom. The van der Waals surface area contributed by atoms with E-state index in [1.165, 1.54) is 25.3 Å². The molecule has 0 fully saturated rings. The number of carbonyl (C=O) groups excluding carboxylic acids is 1. The van der Waals surface area contributed by atoms with Gasteiger partial charge in [0.2, 0.25) is 5.91 Å². The lowest BCUT2D eigenvalue weighted by atomic mass is 10.1. The molecule has 4 aromatic carbocycles. The summed E-state index contributed by atoms with van der Waals surface area (Å²) in [4.78, 5) is 13.1. The van der Waals surface area contributed by atoms with Gasteiger partial charge in [-0.1, -0.05) is 48.0 Å². The Kier molecular flexibility index (Phi) is 6.30. The number of furan rings is 1. The number of sulfonamides is 1. The third kappa shape index (κ3) is 4.48. The van der Waals surface area contributed by atoms with E-state index in [9.17, 15) is 13.2 Å². The number of fused-ring (bicyclic) bond motifs is 3. The van der Waals surface area contributed by atoms with Gasteiger partial charge in [-0.3, -0.25) is 9.10 Å². The number of nitrogens with zero attached hydrogens (tertiary/aromatic N) is 1. The normalized spacial score (nSPS) is 11.5. The summed E-state index contributed by atoms with van der Waals surface area (Å²) < 4.78 is 39.1. The average Bonchev–Trinajstić information content (AvgIpc) is 3.25. The zero-order chi connectivity index (χ0) is 25.3. The van der Waals surface area contributed by atoms with Crippen molar-refractivity contribution in [1.82, 2.24) is 0 Å². The van der Waals surface area contributed by atoms with E-state index in [0.29, 0.717) is 17.0 Å². The third-order valence-electron chi connectivity index (χ3n) is 5.70. The fraction of sp³-hybridized carbons (Fsp3) is 0.0741. The summed E-state index contributed by atoms with van der Waals surface area (Å²) in [5.74, 6) is -0.141. The molecule has 7 nitrogen and oxygen atoms in total. The summed E-state index contributed by atoms with van der Waals surface area (Å²) in [5, 5.41) is 4.89. The molecule has 0 unspecified atom stereocenters. The van der Waals surface area contributed by atoms with Crippen molar-refractivity contribution >= 4 is 60.8 Å². The van der Waals surface area contributed by atoms with Crippen molar-refractivity contribution in [1.29, 1.82) is 0 Å². The first kappa shape index (κ1) is 23.7. The molecule has 0 atom stereocenters. The Bertz CT molecular complexity index is 1680. The highest BCUT2D eigenvalue weighted by Gasteiger charge is 2.28. The number of nitrogens with one attached hydrogen (secondary N) is 1. The molecule has 1 heterocycles. The van der Waals surface area contributed by atoms with Crippen LogP contribution in [0, 0.1) is 0 Å². The summed E-state index contributed by atoms with van der Waals surface area (Å²) in [6, 6.07) is 25.4. The van der Waals surface area contributed by atoms with Crippen molar-refractivity contribution in [3.05, 3.63) is 96.0 Å². The van der Waals surface area contributed by atoms with Gasteiger partial charge in [-0.15, -0.1) is 0 Å². The van der Waals surface area contributed by atoms with Crippen LogP contribution in [0.1, 0.15) is 0 Å². The molecular weight excluding hydrogens is 500 g/mol. The number of hydrogen-bond acceptors (Lipinski definition) is 5. The largest absolute Gasteiger partial charge is 0.495 e. The van der Waals surface area contributed by atoms with E-state index in [4.69, 9.17) is 20.8 Å². The van der Waals surface area contributed by atoms with Gasteiger partial charge in [0.15, 0.2) is 0 Å². The van der Waals surface area contributed by atoms with Crippen LogP contribution in [0.4, 0.5) is 11.4 Å². The predicted octanol–water partition coefficient (Wildman–Crippen LogP) is 6.08. The zero-order valence-electron chi connectivity index (χ0n) is 19.1. The number of halogens is 1. The average molecular weight is 521 g/mol. The van der Waals surface area contributed by atoms with Crippen LogP contribution in [-0.4, -0.2) is 28.0 Å². The third-order valence-corrected chi connectivity index (χ3v) is 7.79. The fourth-order valence-electron chi connectivity index (χ4n) is 3.98. The number of carbonyl (C=O) groups is 1. The fourth-order valence-corrected chi connectivity index (χ4v) is 5.67. The first-order chi connectivity index (χ1) is 17.4. The molecule has 0 saturated heterocycles. The van der Waals surface area contributed by atoms with E-state index >= 15 is 0 Å². The van der Waals surface area contributed by atoms with Crippen LogP contribution in [0.15, 0.2) is 100 Å². The van der Waals surface area contributed by atoms with Crippen molar-refractivity contribution < 1.29 is 22.4 Å². The second-order valence-electron chi connectivity index (χ2n) is 8.00. The molecule has 9 heteroatoms. The number of amides is 1. The maximum atomic E-state index is 13.5. The highest BCUT2D eigenvalue weighted by atomic mass is 35.5. The number of benzene rings is 4. The highest BCUT2D eigenvalue weighted by molar-refractivity contribution is 7.92. The lowest BCUT2D eigenvalue weighted by Gasteiger charge is -2.24. The summed E-state index contributed by atoms with van der Waals surface area (Å²) in [7, 11) is -2.61. The van der Waals surface area contributed by atoms with Crippen molar-refractivity contribution in [2.45, 2.75) is 4.90 Å². The van der Waals surface area contributed by atoms with Crippen LogP contribution in [0.2, 0.25) is 5.02 Å². The Morgan fingerprint density at radius 3 is 2.39 bits per heavy atom. The first-order valence-corrected chi connectivity index (χ1v) is 12.8. The standard InChI is InChI=1S/C27H21ClN2O5S/c1-34-25-14-12-19(16-23(25)28)30(36(32,33)20-7-3-2-4-8-20)17-27(31)29-18-11-13-22-21-9-5-6-10-24(21)35-26(22)15-18/h2-16H,17H2,1H3,(H,29,31). The van der Waals surface area contributed by atoms with Gasteiger partial charge in [-0.05, 0) is 48.5 Å². The van der Waals surface area contributed by atoms with Gasteiger partial charge in [-0.2, -0.15) is 0 Å². The molecule has 36 heavy (non-hydrogen) atoms. The van der Waals surface area contributed by atoms with Gasteiger partial charge in [0.1, 0.15) is 23.5 Å². The molecule has 0 bridgehead atoms. The minimum absolute atomic E-state index is 0.0495. The maximum Gasteiger partial charge on any atom is 0.264 e. The summed E-state index contributed by atoms with van der Waals surface area (Å²) in [6.07, 6.45) is 0. The van der Waals surface area contributed by atoms with Crippen LogP contribution < -0.4 is 14.4 Å². The molecule has 182 valence electrons. The quantitative estimate of drug-likeness (QED) is 0.281. The van der Waals surface area contributed by atoms with Gasteiger partial charge in [0.25, 0.3) is 10.0 Å². The Hall–Kier alpha value is -4.01. The van der Waals surface area contributed by atoms with Crippen molar-refractivity contribution in [3.63, 3.8) is 0 Å². The topological polar surface area (TPSA) is 88.8 Å². The molecule has 0 aliphatic carbocycles. The molecule has 0 radical (unpaired) electrons. The zero-order valence-corrected chi connectivity index (χ0v) is 20.7. The molecule has 1 N–H and O–H groups in total. The summed E-state index contributed by atoms with van der Waals surface area (Å²) >= 11 is 6.27. The van der Waals surface area contributed by atoms with Crippen molar-refractivity contribution in [2.75, 3.05) is 23.3 Å². The van der Waals surface area contributed by atoms with E-state index < -0.39 is 22.5 Å². The smallest absolute Gasteiger partial charge is 0.264 e. The van der Waals surface area contributed by atoms with Crippen molar-refractivity contribution in [3.8, 4) is 5.75 Å². The lowest BCUT2D eigenvalue weighted by Crippen LogP contribution is -2.38. The molecular formula is C27H21ClN2O5S. The second kappa shape index (κ2) is 9.56. The molecule has 0 aliphatic heterocycles. The SMILES string of the molecule is COc1ccc(N(CC(=O)Nc2ccc3c(c2)oc2ccccc23)S(=O)(=O)c2ccccc2)cc1Cl. The summed E-state index contributed by atoms with van der Waals surface area (Å²) in [5.41, 5.74) is 2.07. The van der Waals surface area contributed by atoms with Gasteiger partial charge >= 0.3 is 0 Å². The minimum atomic E-state index is -4.08. The Balaban J connectivity index is 1.46. The van der Waals surface area contributed by atoms with Crippen LogP contribution >= 0.6 is 11.6 Å². The monoisotopic (exact) mass is 520 g/mol. The summed E-state index contributed by atoms with van der Waals surface area (Å²) in [6.45, 7) is -0.474. The molecule has 1 aromatic heterocycles. The molecule has 0 spiro atoms. The van der Waals surface area contributed by atoms with Gasteiger partial charge in [0.05, 0.1) is 22.7 Å². The molecule has 0 aliphatic rings. The van der Waals surface area contributed by atoms with E-state index in [-0.39, 0.29) is 15.6 Å². The van der Waals surface area contributed by atoms with Gasteiger partial charge in [-0.25, -0.2) is 8.42 Å². The number of ether oxygens (including phenoxy) is 1. The molecule has 0 saturated carbocycles. The maximum absolute atomic E-state index is 13.5. The minimum Gasteiger partial charge on any atom is -0.495 e. The predicted molar refractivity (Wildman–Crippen MR) is 141 cm³/mol. The van der Waals surface area contributed by atoms with E-state index in [1.54, 1.807) is 42.5 Å². The van der Waals surface area contributed by atoms with Crippen LogP contribution in [0.25, 0.3) is 21.9 Å². The lowest BCUT2D eigenvalue weighted by molar-refractivity contribution is -0.114. The molecule has 5 rings (SSSR count). The van der Waals surface area contributed by atoms with Gasteiger partial charge in [0, 0.05) is 22.5 Å². The molecule has 1 amide bonds. The number of hydrogen-bond donors (Lipinski definition) is 1. The van der Waals surface area contributed by atoms with Gasteiger partial charge < -0.3 is 14.5 Å². The van der Waals surface area contributed by atoms with E-state index in [0.717, 1.165) is 20.7 Å². The number of methoxy groups -OCH3 is 1. The Morgan fingerprint density at radius 1 is 0.917 bits per heavy atom. The van der Waals surface area contributed by atoms with E-state index in [2.05, 4.69) is 5.32 Å². The van der Waals surface area contributed by atoms with Crippen LogP contribution in [0.5, 0.6) is 5.75 Å². The van der Waals surface area contributed by atoms with Crippen molar-refractivity contribution in [2.24, 2.45) is 0 Å². The number of rotatable bonds is 7. The highest BCUT2D eigenvalue weighted by Crippen LogP contribution is 2.33. The first-order valence-electron chi connectivity index (χ1n) is 11.0. The van der Waals surface area contributed by atoms with E-state index in [1.807, 2.05) is 30.3 Å². The van der Waals surface area contributed by atoms with Crippen LogP contribution in [-0.2, 0) is 14.8 Å². The molecule has 5 aromatic rings. The second-order valence-corrected chi connectivity index (χ2v) is 10.3. The number of anilines is 2.